The molecule has 4 aliphatic carbocycles. The second-order valence-corrected chi connectivity index (χ2v) is 7.80. The second-order valence-electron chi connectivity index (χ2n) is 7.80. The summed E-state index contributed by atoms with van der Waals surface area (Å²) in [5, 5.41) is 0. The van der Waals surface area contributed by atoms with Crippen LogP contribution in [-0.4, -0.2) is 19.0 Å². The van der Waals surface area contributed by atoms with Gasteiger partial charge in [0.05, 0.1) is 6.10 Å². The fraction of sp³-hybridized carbons (Fsp3) is 0.737. The van der Waals surface area contributed by atoms with Crippen LogP contribution in [0.4, 0.5) is 0 Å². The average molecular weight is 286 g/mol. The Morgan fingerprint density at radius 1 is 1.24 bits per heavy atom. The Morgan fingerprint density at radius 3 is 2.90 bits per heavy atom. The van der Waals surface area contributed by atoms with Crippen molar-refractivity contribution in [2.24, 2.45) is 17.3 Å². The highest BCUT2D eigenvalue weighted by atomic mass is 16.5. The molecular weight excluding hydrogens is 260 g/mol. The van der Waals surface area contributed by atoms with Gasteiger partial charge in [-0.15, -0.1) is 0 Å². The number of carbonyl (C=O) groups excluding carboxylic acids is 1. The first kappa shape index (κ1) is 13.8. The summed E-state index contributed by atoms with van der Waals surface area (Å²) in [6.07, 6.45) is 11.6. The topological polar surface area (TPSA) is 26.3 Å². The second kappa shape index (κ2) is 4.81. The van der Waals surface area contributed by atoms with Crippen molar-refractivity contribution in [1.82, 2.24) is 0 Å². The Morgan fingerprint density at radius 2 is 2.10 bits per heavy atom. The van der Waals surface area contributed by atoms with Crippen LogP contribution in [0.1, 0.15) is 58.3 Å². The number of methoxy groups -OCH3 is 1. The average Bonchev–Trinajstić information content (AvgIpc) is 2.87. The lowest BCUT2D eigenvalue weighted by Gasteiger charge is -2.50. The molecule has 0 aromatic carbocycles. The molecular formula is C19H26O2. The molecule has 0 N–H and O–H groups in total. The Bertz CT molecular complexity index is 542. The molecule has 0 saturated heterocycles. The van der Waals surface area contributed by atoms with E-state index in [0.717, 1.165) is 18.8 Å². The number of allylic oxidation sites excluding steroid dienone is 2. The molecule has 0 amide bonds. The van der Waals surface area contributed by atoms with E-state index in [4.69, 9.17) is 4.74 Å². The third-order valence-corrected chi connectivity index (χ3v) is 6.82. The van der Waals surface area contributed by atoms with Crippen LogP contribution in [0.25, 0.3) is 0 Å². The number of hydrogen-bond donors (Lipinski definition) is 0. The highest BCUT2D eigenvalue weighted by molar-refractivity contribution is 5.93. The first-order chi connectivity index (χ1) is 10.1. The summed E-state index contributed by atoms with van der Waals surface area (Å²) in [6.45, 7) is 2.51. The van der Waals surface area contributed by atoms with Gasteiger partial charge in [-0.3, -0.25) is 4.79 Å². The standard InChI is InChI=1S/C19H26O2/c1-19-8-3-4-16(19)18-15(7-9-19)14-6-5-13(20)10-12(14)11-17(18)21-2/h10,16-18H,3-9,11H2,1-2H3/t16-,17?,18+,19-/m0/s1. The maximum Gasteiger partial charge on any atom is 0.156 e. The molecule has 0 aromatic rings. The van der Waals surface area contributed by atoms with Crippen LogP contribution in [0, 0.1) is 17.3 Å². The van der Waals surface area contributed by atoms with Crippen molar-refractivity contribution >= 4 is 5.78 Å². The van der Waals surface area contributed by atoms with Crippen LogP contribution in [0.15, 0.2) is 22.8 Å². The monoisotopic (exact) mass is 286 g/mol. The molecule has 4 aliphatic rings. The van der Waals surface area contributed by atoms with E-state index in [9.17, 15) is 4.79 Å². The van der Waals surface area contributed by atoms with Gasteiger partial charge < -0.3 is 4.74 Å². The van der Waals surface area contributed by atoms with Crippen molar-refractivity contribution in [3.8, 4) is 0 Å². The normalized spacial score (nSPS) is 42.3. The number of ether oxygens (including phenoxy) is 1. The zero-order valence-corrected chi connectivity index (χ0v) is 13.3. The van der Waals surface area contributed by atoms with E-state index in [1.165, 1.54) is 37.7 Å². The summed E-state index contributed by atoms with van der Waals surface area (Å²) in [7, 11) is 1.86. The van der Waals surface area contributed by atoms with Crippen LogP contribution in [0.5, 0.6) is 0 Å². The molecule has 2 nitrogen and oxygen atoms in total. The quantitative estimate of drug-likeness (QED) is 0.722. The van der Waals surface area contributed by atoms with Crippen molar-refractivity contribution in [2.75, 3.05) is 7.11 Å². The fourth-order valence-corrected chi connectivity index (χ4v) is 5.73. The van der Waals surface area contributed by atoms with Crippen LogP contribution >= 0.6 is 0 Å². The van der Waals surface area contributed by atoms with Gasteiger partial charge in [-0.2, -0.15) is 0 Å². The molecule has 21 heavy (non-hydrogen) atoms. The minimum absolute atomic E-state index is 0.295. The number of fused-ring (bicyclic) bond motifs is 4. The summed E-state index contributed by atoms with van der Waals surface area (Å²) in [5.41, 5.74) is 5.04. The number of carbonyl (C=O) groups is 1. The van der Waals surface area contributed by atoms with Gasteiger partial charge in [-0.1, -0.05) is 18.9 Å². The van der Waals surface area contributed by atoms with Crippen molar-refractivity contribution in [2.45, 2.75) is 64.4 Å². The molecule has 0 aromatic heterocycles. The Kier molecular flexibility index (Phi) is 3.15. The largest absolute Gasteiger partial charge is 0.380 e. The number of ketones is 1. The van der Waals surface area contributed by atoms with Crippen LogP contribution in [0.2, 0.25) is 0 Å². The first-order valence-corrected chi connectivity index (χ1v) is 8.61. The molecule has 0 bridgehead atoms. The number of hydrogen-bond acceptors (Lipinski definition) is 2. The molecule has 0 aliphatic heterocycles. The van der Waals surface area contributed by atoms with E-state index < -0.39 is 0 Å². The maximum absolute atomic E-state index is 11.8. The zero-order valence-electron chi connectivity index (χ0n) is 13.3. The molecule has 114 valence electrons. The lowest BCUT2D eigenvalue weighted by atomic mass is 9.57. The third-order valence-electron chi connectivity index (χ3n) is 6.82. The van der Waals surface area contributed by atoms with Crippen molar-refractivity contribution in [3.63, 3.8) is 0 Å². The van der Waals surface area contributed by atoms with E-state index in [1.807, 2.05) is 13.2 Å². The molecule has 0 radical (unpaired) electrons. The molecule has 0 spiro atoms. The van der Waals surface area contributed by atoms with Gasteiger partial charge in [-0.25, -0.2) is 0 Å². The SMILES string of the molecule is COC1CC2=CC(=O)CCC2=C2CC[C@]3(C)CCC[C@H]3[C@@H]21. The summed E-state index contributed by atoms with van der Waals surface area (Å²) in [4.78, 5) is 11.8. The van der Waals surface area contributed by atoms with Crippen LogP contribution < -0.4 is 0 Å². The number of rotatable bonds is 1. The predicted octanol–water partition coefficient (Wildman–Crippen LogP) is 4.21. The van der Waals surface area contributed by atoms with Crippen molar-refractivity contribution in [3.05, 3.63) is 22.8 Å². The Balaban J connectivity index is 1.80. The molecule has 2 fully saturated rings. The summed E-state index contributed by atoms with van der Waals surface area (Å²) in [6, 6.07) is 0. The van der Waals surface area contributed by atoms with Crippen LogP contribution in [-0.2, 0) is 9.53 Å². The van der Waals surface area contributed by atoms with Crippen molar-refractivity contribution < 1.29 is 9.53 Å². The summed E-state index contributed by atoms with van der Waals surface area (Å²) < 4.78 is 5.91. The molecule has 4 rings (SSSR count). The zero-order chi connectivity index (χ0) is 14.6. The predicted molar refractivity (Wildman–Crippen MR) is 82.9 cm³/mol. The molecule has 1 unspecified atom stereocenters. The lowest BCUT2D eigenvalue weighted by molar-refractivity contribution is -0.114. The third kappa shape index (κ3) is 1.98. The molecule has 2 saturated carbocycles. The van der Waals surface area contributed by atoms with Crippen molar-refractivity contribution in [1.29, 1.82) is 0 Å². The Hall–Kier alpha value is -0.890. The molecule has 2 heteroatoms. The van der Waals surface area contributed by atoms with E-state index in [-0.39, 0.29) is 0 Å². The first-order valence-electron chi connectivity index (χ1n) is 8.61. The maximum atomic E-state index is 11.8. The fourth-order valence-electron chi connectivity index (χ4n) is 5.73. The Labute approximate surface area is 127 Å². The molecule has 0 heterocycles. The minimum atomic E-state index is 0.295. The lowest BCUT2D eigenvalue weighted by Crippen LogP contribution is -2.44. The summed E-state index contributed by atoms with van der Waals surface area (Å²) >= 11 is 0. The van der Waals surface area contributed by atoms with E-state index in [1.54, 1.807) is 11.1 Å². The van der Waals surface area contributed by atoms with E-state index in [0.29, 0.717) is 29.6 Å². The van der Waals surface area contributed by atoms with Gasteiger partial charge in [0, 0.05) is 19.4 Å². The molecule has 4 atom stereocenters. The van der Waals surface area contributed by atoms with Gasteiger partial charge in [0.2, 0.25) is 0 Å². The van der Waals surface area contributed by atoms with Gasteiger partial charge >= 0.3 is 0 Å². The minimum Gasteiger partial charge on any atom is -0.380 e. The summed E-state index contributed by atoms with van der Waals surface area (Å²) in [5.74, 6) is 1.73. The van der Waals surface area contributed by atoms with Gasteiger partial charge in [0.15, 0.2) is 5.78 Å². The van der Waals surface area contributed by atoms with E-state index in [2.05, 4.69) is 6.92 Å². The van der Waals surface area contributed by atoms with Gasteiger partial charge in [0.1, 0.15) is 0 Å². The van der Waals surface area contributed by atoms with Gasteiger partial charge in [-0.05, 0) is 67.1 Å². The van der Waals surface area contributed by atoms with Crippen LogP contribution in [0.3, 0.4) is 0 Å². The van der Waals surface area contributed by atoms with Gasteiger partial charge in [0.25, 0.3) is 0 Å². The highest BCUT2D eigenvalue weighted by Crippen LogP contribution is 2.60. The highest BCUT2D eigenvalue weighted by Gasteiger charge is 2.51. The smallest absolute Gasteiger partial charge is 0.156 e. The van der Waals surface area contributed by atoms with E-state index >= 15 is 0 Å².